The third kappa shape index (κ3) is 27.4. The number of esters is 2. The van der Waals surface area contributed by atoms with Gasteiger partial charge in [-0.1, -0.05) is 142 Å². The van der Waals surface area contributed by atoms with E-state index < -0.39 is 6.10 Å². The smallest absolute Gasteiger partial charge is 0.305 e. The Morgan fingerprint density at radius 2 is 0.829 bits per heavy atom. The fourth-order valence-corrected chi connectivity index (χ4v) is 4.40. The van der Waals surface area contributed by atoms with Crippen LogP contribution in [0.1, 0.15) is 168 Å². The zero-order valence-electron chi connectivity index (χ0n) is 23.6. The summed E-state index contributed by atoms with van der Waals surface area (Å²) in [5.41, 5.74) is 0. The lowest BCUT2D eigenvalue weighted by Crippen LogP contribution is -2.22. The first-order valence-corrected chi connectivity index (χ1v) is 15.3. The summed E-state index contributed by atoms with van der Waals surface area (Å²) in [5, 5.41) is 0. The number of ether oxygens (including phenoxy) is 2. The van der Waals surface area contributed by atoms with E-state index >= 15 is 0 Å². The molecule has 0 rings (SSSR count). The van der Waals surface area contributed by atoms with Crippen LogP contribution in [0.25, 0.3) is 0 Å². The van der Waals surface area contributed by atoms with E-state index in [0.717, 1.165) is 25.7 Å². The first-order chi connectivity index (χ1) is 17.1. The molecule has 0 fully saturated rings. The Balaban J connectivity index is 3.43. The van der Waals surface area contributed by atoms with Gasteiger partial charge >= 0.3 is 11.9 Å². The van der Waals surface area contributed by atoms with Crippen LogP contribution in [-0.2, 0) is 19.1 Å². The van der Waals surface area contributed by atoms with Crippen molar-refractivity contribution in [3.63, 3.8) is 0 Å². The molecule has 0 aliphatic heterocycles. The lowest BCUT2D eigenvalue weighted by molar-refractivity contribution is -0.156. The van der Waals surface area contributed by atoms with Crippen molar-refractivity contribution >= 4 is 11.9 Å². The third-order valence-corrected chi connectivity index (χ3v) is 6.70. The Labute approximate surface area is 218 Å². The topological polar surface area (TPSA) is 52.6 Å². The van der Waals surface area contributed by atoms with Gasteiger partial charge in [-0.05, 0) is 12.8 Å². The van der Waals surface area contributed by atoms with Gasteiger partial charge in [0.25, 0.3) is 0 Å². The van der Waals surface area contributed by atoms with Crippen LogP contribution in [0.2, 0.25) is 0 Å². The molecule has 0 spiro atoms. The lowest BCUT2D eigenvalue weighted by Gasteiger charge is -2.19. The van der Waals surface area contributed by atoms with Crippen molar-refractivity contribution in [1.29, 1.82) is 0 Å². The Morgan fingerprint density at radius 1 is 0.514 bits per heavy atom. The van der Waals surface area contributed by atoms with Gasteiger partial charge in [-0.2, -0.15) is 0 Å². The molecule has 208 valence electrons. The molecule has 35 heavy (non-hydrogen) atoms. The molecule has 0 aromatic carbocycles. The van der Waals surface area contributed by atoms with Crippen LogP contribution in [0.3, 0.4) is 0 Å². The van der Waals surface area contributed by atoms with Gasteiger partial charge in [0.15, 0.2) is 0 Å². The highest BCUT2D eigenvalue weighted by Crippen LogP contribution is 2.13. The summed E-state index contributed by atoms with van der Waals surface area (Å²) < 4.78 is 10.5. The summed E-state index contributed by atoms with van der Waals surface area (Å²) in [6, 6.07) is 0. The van der Waals surface area contributed by atoms with Crippen LogP contribution < -0.4 is 0 Å². The molecule has 0 heterocycles. The molecule has 4 nitrogen and oxygen atoms in total. The predicted octanol–water partition coefficient (Wildman–Crippen LogP) is 9.68. The molecule has 0 aliphatic rings. The molecule has 4 heteroatoms. The number of rotatable bonds is 27. The first-order valence-electron chi connectivity index (χ1n) is 15.3. The molecule has 0 aromatic heterocycles. The number of hydrogen-bond donors (Lipinski definition) is 0. The minimum Gasteiger partial charge on any atom is -0.492 e. The van der Waals surface area contributed by atoms with Crippen LogP contribution >= 0.6 is 0 Å². The summed E-state index contributed by atoms with van der Waals surface area (Å²) in [5.74, 6) is -0.446. The van der Waals surface area contributed by atoms with E-state index in [1.54, 1.807) is 0 Å². The van der Waals surface area contributed by atoms with Crippen LogP contribution in [0.5, 0.6) is 0 Å². The van der Waals surface area contributed by atoms with Crippen molar-refractivity contribution in [2.45, 2.75) is 174 Å². The van der Waals surface area contributed by atoms with Crippen molar-refractivity contribution in [3.8, 4) is 0 Å². The van der Waals surface area contributed by atoms with E-state index in [-0.39, 0.29) is 18.5 Å². The molecule has 0 saturated heterocycles. The van der Waals surface area contributed by atoms with Gasteiger partial charge < -0.3 is 9.47 Å². The summed E-state index contributed by atoms with van der Waals surface area (Å²) in [6.45, 7) is 8.36. The van der Waals surface area contributed by atoms with Crippen molar-refractivity contribution in [2.75, 3.05) is 6.61 Å². The zero-order chi connectivity index (χ0) is 25.8. The minimum absolute atomic E-state index is 0.0564. The Bertz CT molecular complexity index is 463. The fraction of sp³-hybridized carbons (Fsp3) is 0.903. The number of carbonyl (C=O) groups is 2. The van der Waals surface area contributed by atoms with Crippen LogP contribution in [0, 0.1) is 6.92 Å². The van der Waals surface area contributed by atoms with E-state index in [0.29, 0.717) is 12.8 Å². The van der Waals surface area contributed by atoms with E-state index in [9.17, 15) is 9.59 Å². The fourth-order valence-electron chi connectivity index (χ4n) is 4.40. The molecule has 0 bridgehead atoms. The van der Waals surface area contributed by atoms with E-state index in [1.165, 1.54) is 116 Å². The monoisotopic (exact) mass is 495 g/mol. The van der Waals surface area contributed by atoms with Gasteiger partial charge in [-0.3, -0.25) is 16.5 Å². The Hall–Kier alpha value is -1.06. The highest BCUT2D eigenvalue weighted by atomic mass is 16.6. The minimum atomic E-state index is -0.614. The molecule has 0 radical (unpaired) electrons. The maximum absolute atomic E-state index is 11.9. The maximum atomic E-state index is 11.9. The molecular formula is C31H59O4-. The van der Waals surface area contributed by atoms with Crippen LogP contribution in [-0.4, -0.2) is 24.6 Å². The Kier molecular flexibility index (Phi) is 26.7. The van der Waals surface area contributed by atoms with E-state index in [1.807, 2.05) is 0 Å². The van der Waals surface area contributed by atoms with Crippen molar-refractivity contribution < 1.29 is 19.1 Å². The average Bonchev–Trinajstić information content (AvgIpc) is 2.84. The summed E-state index contributed by atoms with van der Waals surface area (Å²) in [6.07, 6.45) is 27.9. The third-order valence-electron chi connectivity index (χ3n) is 6.70. The van der Waals surface area contributed by atoms with Crippen molar-refractivity contribution in [2.24, 2.45) is 0 Å². The molecule has 0 unspecified atom stereocenters. The molecule has 0 amide bonds. The van der Waals surface area contributed by atoms with Gasteiger partial charge in [-0.25, -0.2) is 0 Å². The molecule has 0 N–H and O–H groups in total. The molecule has 0 aliphatic carbocycles. The SMILES string of the molecule is [CH2-][C@@H](COC(=O)CCCCCCCCCCCCC)OC(=O)CCCCCCCCCCCCC. The van der Waals surface area contributed by atoms with Gasteiger partial charge in [-0.15, -0.1) is 0 Å². The van der Waals surface area contributed by atoms with Crippen molar-refractivity contribution in [1.82, 2.24) is 0 Å². The van der Waals surface area contributed by atoms with E-state index in [2.05, 4.69) is 20.8 Å². The second kappa shape index (κ2) is 27.5. The second-order valence-corrected chi connectivity index (χ2v) is 10.4. The zero-order valence-corrected chi connectivity index (χ0v) is 23.6. The second-order valence-electron chi connectivity index (χ2n) is 10.4. The highest BCUT2D eigenvalue weighted by Gasteiger charge is 2.08. The average molecular weight is 496 g/mol. The normalized spacial score (nSPS) is 12.0. The predicted molar refractivity (Wildman–Crippen MR) is 148 cm³/mol. The van der Waals surface area contributed by atoms with Gasteiger partial charge in [0.2, 0.25) is 0 Å². The summed E-state index contributed by atoms with van der Waals surface area (Å²) in [7, 11) is 0. The lowest BCUT2D eigenvalue weighted by atomic mass is 10.1. The van der Waals surface area contributed by atoms with Crippen LogP contribution in [0.4, 0.5) is 0 Å². The Morgan fingerprint density at radius 3 is 1.20 bits per heavy atom. The van der Waals surface area contributed by atoms with Gasteiger partial charge in [0, 0.05) is 18.9 Å². The van der Waals surface area contributed by atoms with Crippen LogP contribution in [0.15, 0.2) is 0 Å². The first kappa shape index (κ1) is 33.9. The standard InChI is InChI=1S/C31H59O4/c1-4-6-8-10-12-14-16-18-20-22-24-26-30(32)34-28-29(3)35-31(33)27-25-23-21-19-17-15-13-11-9-7-5-2/h29H,3-28H2,1-2H3/q-1/t29-/m0/s1. The molecule has 0 saturated carbocycles. The van der Waals surface area contributed by atoms with Crippen molar-refractivity contribution in [3.05, 3.63) is 6.92 Å². The molecular weight excluding hydrogens is 436 g/mol. The molecule has 0 aromatic rings. The summed E-state index contributed by atoms with van der Waals surface area (Å²) >= 11 is 0. The largest absolute Gasteiger partial charge is 0.492 e. The highest BCUT2D eigenvalue weighted by molar-refractivity contribution is 5.70. The van der Waals surface area contributed by atoms with E-state index in [4.69, 9.17) is 9.47 Å². The number of hydrogen-bond acceptors (Lipinski definition) is 4. The quantitative estimate of drug-likeness (QED) is 0.0646. The number of carbonyl (C=O) groups excluding carboxylic acids is 2. The van der Waals surface area contributed by atoms with Gasteiger partial charge in [0.1, 0.15) is 0 Å². The maximum Gasteiger partial charge on any atom is 0.305 e. The number of unbranched alkanes of at least 4 members (excludes halogenated alkanes) is 20. The summed E-state index contributed by atoms with van der Waals surface area (Å²) in [4.78, 5) is 23.8. The molecule has 1 atom stereocenters. The van der Waals surface area contributed by atoms with Gasteiger partial charge in [0.05, 0.1) is 6.61 Å².